The second kappa shape index (κ2) is 3.73. The second-order valence-electron chi connectivity index (χ2n) is 3.47. The van der Waals surface area contributed by atoms with Crippen molar-refractivity contribution in [1.82, 2.24) is 25.8 Å². The highest BCUT2D eigenvalue weighted by atomic mass is 15.3. The normalized spacial score (nSPS) is 19.2. The first-order valence-electron chi connectivity index (χ1n) is 4.97. The fourth-order valence-electron chi connectivity index (χ4n) is 1.72. The summed E-state index contributed by atoms with van der Waals surface area (Å²) in [5, 5.41) is 19.0. The van der Waals surface area contributed by atoms with Gasteiger partial charge in [0.05, 0.1) is 18.2 Å². The maximum absolute atomic E-state index is 4.13. The Morgan fingerprint density at radius 1 is 1.31 bits per heavy atom. The van der Waals surface area contributed by atoms with Gasteiger partial charge < -0.3 is 0 Å². The summed E-state index contributed by atoms with van der Waals surface area (Å²) >= 11 is 0. The number of H-pyrrole nitrogens is 1. The van der Waals surface area contributed by atoms with Gasteiger partial charge in [-0.15, -0.1) is 0 Å². The molecule has 1 atom stereocenters. The molecule has 1 aliphatic heterocycles. The van der Waals surface area contributed by atoms with E-state index in [2.05, 4.69) is 30.9 Å². The van der Waals surface area contributed by atoms with E-state index < -0.39 is 0 Å². The van der Waals surface area contributed by atoms with Crippen molar-refractivity contribution in [3.63, 3.8) is 0 Å². The molecule has 0 saturated carbocycles. The monoisotopic (exact) mass is 213 g/mol. The standard InChI is InChI=1S/C10H9N6/c1-2-8(14-11-4-1)7-6-13-16-10(7)9-3-5-12-15-9/h1-5,7H,6H2,(H,12,15). The summed E-state index contributed by atoms with van der Waals surface area (Å²) in [6, 6.07) is 5.67. The topological polar surface area (TPSA) is 80.9 Å². The average molecular weight is 213 g/mol. The lowest BCUT2D eigenvalue weighted by Crippen LogP contribution is -2.15. The van der Waals surface area contributed by atoms with Crippen molar-refractivity contribution in [1.29, 1.82) is 0 Å². The molecular formula is C10H9N6. The molecule has 0 aromatic carbocycles. The van der Waals surface area contributed by atoms with E-state index in [-0.39, 0.29) is 5.92 Å². The molecule has 2 aromatic rings. The van der Waals surface area contributed by atoms with Gasteiger partial charge in [-0.1, -0.05) is 0 Å². The minimum atomic E-state index is 0.0667. The van der Waals surface area contributed by atoms with Gasteiger partial charge in [0, 0.05) is 12.4 Å². The largest absolute Gasteiger partial charge is 0.285 e. The van der Waals surface area contributed by atoms with Crippen molar-refractivity contribution < 1.29 is 0 Å². The van der Waals surface area contributed by atoms with Crippen LogP contribution in [0.25, 0.3) is 0 Å². The minimum absolute atomic E-state index is 0.0667. The van der Waals surface area contributed by atoms with Crippen molar-refractivity contribution >= 4 is 5.71 Å². The molecule has 79 valence electrons. The molecule has 3 heterocycles. The van der Waals surface area contributed by atoms with E-state index in [1.165, 1.54) is 0 Å². The maximum Gasteiger partial charge on any atom is 0.109 e. The number of nitrogens with zero attached hydrogens (tertiary/aromatic N) is 5. The molecule has 6 heteroatoms. The Kier molecular flexibility index (Phi) is 2.10. The van der Waals surface area contributed by atoms with E-state index in [1.54, 1.807) is 12.4 Å². The predicted molar refractivity (Wildman–Crippen MR) is 56.9 cm³/mol. The molecule has 0 saturated heterocycles. The van der Waals surface area contributed by atoms with Gasteiger partial charge in [-0.3, -0.25) is 5.10 Å². The zero-order chi connectivity index (χ0) is 10.8. The molecule has 2 aromatic heterocycles. The van der Waals surface area contributed by atoms with Crippen molar-refractivity contribution in [3.8, 4) is 0 Å². The molecule has 0 bridgehead atoms. The fourth-order valence-corrected chi connectivity index (χ4v) is 1.72. The third-order valence-electron chi connectivity index (χ3n) is 2.49. The van der Waals surface area contributed by atoms with E-state index in [1.807, 2.05) is 18.2 Å². The van der Waals surface area contributed by atoms with Crippen LogP contribution < -0.4 is 5.43 Å². The van der Waals surface area contributed by atoms with Crippen LogP contribution in [0.3, 0.4) is 0 Å². The van der Waals surface area contributed by atoms with Crippen LogP contribution in [0, 0.1) is 0 Å². The number of hydrogen-bond acceptors (Lipinski definition) is 4. The van der Waals surface area contributed by atoms with Gasteiger partial charge in [-0.2, -0.15) is 25.8 Å². The highest BCUT2D eigenvalue weighted by Gasteiger charge is 2.28. The van der Waals surface area contributed by atoms with Crippen LogP contribution in [-0.2, 0) is 0 Å². The summed E-state index contributed by atoms with van der Waals surface area (Å²) in [5.74, 6) is 0.0667. The molecule has 0 amide bonds. The van der Waals surface area contributed by atoms with Crippen LogP contribution in [0.1, 0.15) is 17.3 Å². The van der Waals surface area contributed by atoms with Gasteiger partial charge in [0.2, 0.25) is 0 Å². The number of aromatic amines is 1. The SMILES string of the molecule is c1cnnc(C2C[N]N=C2c2cc[nH]n2)c1. The van der Waals surface area contributed by atoms with E-state index >= 15 is 0 Å². The molecule has 1 N–H and O–H groups in total. The Labute approximate surface area is 91.8 Å². The predicted octanol–water partition coefficient (Wildman–Crippen LogP) is 0.306. The third-order valence-corrected chi connectivity index (χ3v) is 2.49. The number of hydrogen-bond donors (Lipinski definition) is 1. The van der Waals surface area contributed by atoms with Crippen molar-refractivity contribution in [2.24, 2.45) is 5.10 Å². The molecule has 6 nitrogen and oxygen atoms in total. The molecule has 1 unspecified atom stereocenters. The van der Waals surface area contributed by atoms with E-state index in [0.717, 1.165) is 17.1 Å². The van der Waals surface area contributed by atoms with Crippen LogP contribution in [-0.4, -0.2) is 32.7 Å². The lowest BCUT2D eigenvalue weighted by molar-refractivity contribution is 0.726. The highest BCUT2D eigenvalue weighted by molar-refractivity contribution is 6.04. The van der Waals surface area contributed by atoms with Crippen molar-refractivity contribution in [2.75, 3.05) is 6.54 Å². The molecule has 16 heavy (non-hydrogen) atoms. The summed E-state index contributed by atoms with van der Waals surface area (Å²) in [7, 11) is 0. The first kappa shape index (κ1) is 9.02. The van der Waals surface area contributed by atoms with Crippen molar-refractivity contribution in [2.45, 2.75) is 5.92 Å². The Morgan fingerprint density at radius 3 is 3.06 bits per heavy atom. The van der Waals surface area contributed by atoms with Crippen LogP contribution in [0.2, 0.25) is 0 Å². The van der Waals surface area contributed by atoms with E-state index in [0.29, 0.717) is 6.54 Å². The lowest BCUT2D eigenvalue weighted by atomic mass is 9.98. The summed E-state index contributed by atoms with van der Waals surface area (Å²) in [6.45, 7) is 0.612. The van der Waals surface area contributed by atoms with E-state index in [9.17, 15) is 0 Å². The quantitative estimate of drug-likeness (QED) is 0.779. The van der Waals surface area contributed by atoms with Crippen molar-refractivity contribution in [3.05, 3.63) is 42.0 Å². The first-order chi connectivity index (χ1) is 7.95. The third kappa shape index (κ3) is 1.44. The molecule has 0 spiro atoms. The van der Waals surface area contributed by atoms with Crippen LogP contribution in [0.5, 0.6) is 0 Å². The summed E-state index contributed by atoms with van der Waals surface area (Å²) in [6.07, 6.45) is 3.42. The summed E-state index contributed by atoms with van der Waals surface area (Å²) in [5.41, 5.74) is 6.59. The average Bonchev–Trinajstić information content (AvgIpc) is 3.01. The number of aromatic nitrogens is 4. The Morgan fingerprint density at radius 2 is 2.31 bits per heavy atom. The fraction of sp³-hybridized carbons (Fsp3) is 0.200. The van der Waals surface area contributed by atoms with Gasteiger partial charge in [-0.25, -0.2) is 0 Å². The molecular weight excluding hydrogens is 204 g/mol. The summed E-state index contributed by atoms with van der Waals surface area (Å²) in [4.78, 5) is 0. The molecule has 1 radical (unpaired) electrons. The van der Waals surface area contributed by atoms with Gasteiger partial charge in [0.15, 0.2) is 0 Å². The van der Waals surface area contributed by atoms with Crippen LogP contribution >= 0.6 is 0 Å². The highest BCUT2D eigenvalue weighted by Crippen LogP contribution is 2.21. The van der Waals surface area contributed by atoms with Gasteiger partial charge in [-0.05, 0) is 18.2 Å². The minimum Gasteiger partial charge on any atom is -0.285 e. The molecule has 3 rings (SSSR count). The van der Waals surface area contributed by atoms with Gasteiger partial charge in [0.1, 0.15) is 11.4 Å². The number of rotatable bonds is 2. The van der Waals surface area contributed by atoms with Gasteiger partial charge in [0.25, 0.3) is 0 Å². The zero-order valence-electron chi connectivity index (χ0n) is 8.41. The second-order valence-corrected chi connectivity index (χ2v) is 3.47. The summed E-state index contributed by atoms with van der Waals surface area (Å²) < 4.78 is 0. The Bertz CT molecular complexity index is 489. The maximum atomic E-state index is 4.13. The number of nitrogens with one attached hydrogen (secondary N) is 1. The van der Waals surface area contributed by atoms with Crippen LogP contribution in [0.4, 0.5) is 0 Å². The lowest BCUT2D eigenvalue weighted by Gasteiger charge is -2.07. The smallest absolute Gasteiger partial charge is 0.109 e. The van der Waals surface area contributed by atoms with Crippen LogP contribution in [0.15, 0.2) is 35.7 Å². The Hall–Kier alpha value is -2.24. The molecule has 0 fully saturated rings. The zero-order valence-corrected chi connectivity index (χ0v) is 8.41. The van der Waals surface area contributed by atoms with Gasteiger partial charge >= 0.3 is 0 Å². The molecule has 0 aliphatic carbocycles. The van der Waals surface area contributed by atoms with E-state index in [4.69, 9.17) is 0 Å². The molecule has 1 aliphatic rings. The first-order valence-corrected chi connectivity index (χ1v) is 4.97. The Balaban J connectivity index is 1.96.